The number of carbonyl (C=O) groups excluding carboxylic acids is 1. The number of carbonyl (C=O) groups is 1. The van der Waals surface area contributed by atoms with E-state index in [0.29, 0.717) is 21.7 Å². The van der Waals surface area contributed by atoms with Crippen molar-refractivity contribution in [1.82, 2.24) is 14.8 Å². The van der Waals surface area contributed by atoms with Gasteiger partial charge in [0.15, 0.2) is 16.4 Å². The Labute approximate surface area is 194 Å². The third-order valence-electron chi connectivity index (χ3n) is 5.83. The molecule has 0 radical (unpaired) electrons. The van der Waals surface area contributed by atoms with Gasteiger partial charge in [0.2, 0.25) is 5.91 Å². The lowest BCUT2D eigenvalue weighted by Crippen LogP contribution is -2.31. The van der Waals surface area contributed by atoms with Gasteiger partial charge in [-0.05, 0) is 62.4 Å². The zero-order chi connectivity index (χ0) is 22.9. The number of hydrogen-bond donors (Lipinski definition) is 1. The minimum Gasteiger partial charge on any atom is -0.463 e. The molecule has 0 saturated carbocycles. The maximum Gasteiger partial charge on any atom is 0.294 e. The van der Waals surface area contributed by atoms with E-state index < -0.39 is 0 Å². The number of fused-ring (bicyclic) bond motifs is 1. The molecule has 0 aliphatic carbocycles. The van der Waals surface area contributed by atoms with E-state index in [0.717, 1.165) is 47.9 Å². The highest BCUT2D eigenvalue weighted by molar-refractivity contribution is 7.22. The predicted octanol–water partition coefficient (Wildman–Crippen LogP) is 4.36. The normalized spacial score (nSPS) is 14.1. The highest BCUT2D eigenvalue weighted by Gasteiger charge is 2.23. The number of furan rings is 1. The Bertz CT molecular complexity index is 1370. The maximum absolute atomic E-state index is 13.3. The second-order valence-corrected chi connectivity index (χ2v) is 9.35. The lowest BCUT2D eigenvalue weighted by Gasteiger charge is -2.25. The van der Waals surface area contributed by atoms with Crippen LogP contribution in [0.4, 0.5) is 10.8 Å². The predicted molar refractivity (Wildman–Crippen MR) is 130 cm³/mol. The summed E-state index contributed by atoms with van der Waals surface area (Å²) >= 11 is 1.46. The number of benzene rings is 1. The summed E-state index contributed by atoms with van der Waals surface area (Å²) in [6.07, 6.45) is 5.00. The van der Waals surface area contributed by atoms with Gasteiger partial charge in [0.05, 0.1) is 11.0 Å². The fourth-order valence-corrected chi connectivity index (χ4v) is 5.15. The Balaban J connectivity index is 1.53. The summed E-state index contributed by atoms with van der Waals surface area (Å²) in [5.74, 6) is 0.215. The molecule has 4 aromatic rings. The van der Waals surface area contributed by atoms with Gasteiger partial charge in [0.25, 0.3) is 5.56 Å². The molecular formula is C24H25N5O3S. The van der Waals surface area contributed by atoms with Crippen molar-refractivity contribution in [3.05, 3.63) is 58.1 Å². The third kappa shape index (κ3) is 4.28. The first-order valence-corrected chi connectivity index (χ1v) is 11.9. The van der Waals surface area contributed by atoms with Gasteiger partial charge in [-0.25, -0.2) is 9.67 Å². The Morgan fingerprint density at radius 3 is 2.76 bits per heavy atom. The summed E-state index contributed by atoms with van der Waals surface area (Å²) < 4.78 is 7.46. The summed E-state index contributed by atoms with van der Waals surface area (Å²) in [5.41, 5.74) is 3.18. The summed E-state index contributed by atoms with van der Waals surface area (Å²) in [6, 6.07) is 9.42. The standard InChI is InChI=1S/C24H25N5O3S/c1-15-8-9-16(2)17(13-15)25-19(30)14-29-23(31)21-22(20(27-29)18-7-6-12-32-18)33-24(26-21)28-10-4-3-5-11-28/h6-9,12-13H,3-5,10-11,14H2,1-2H3,(H,25,30). The first kappa shape index (κ1) is 21.4. The van der Waals surface area contributed by atoms with Gasteiger partial charge < -0.3 is 14.6 Å². The number of rotatable bonds is 5. The highest BCUT2D eigenvalue weighted by atomic mass is 32.1. The van der Waals surface area contributed by atoms with Crippen molar-refractivity contribution in [3.63, 3.8) is 0 Å². The van der Waals surface area contributed by atoms with Crippen molar-refractivity contribution in [3.8, 4) is 11.5 Å². The monoisotopic (exact) mass is 463 g/mol. The SMILES string of the molecule is Cc1ccc(C)c(NC(=O)Cn2nc(-c3ccco3)c3sc(N4CCCCC4)nc3c2=O)c1. The van der Waals surface area contributed by atoms with E-state index in [1.165, 1.54) is 22.4 Å². The van der Waals surface area contributed by atoms with E-state index >= 15 is 0 Å². The molecule has 5 rings (SSSR count). The third-order valence-corrected chi connectivity index (χ3v) is 6.95. The Kier molecular flexibility index (Phi) is 5.72. The molecular weight excluding hydrogens is 438 g/mol. The van der Waals surface area contributed by atoms with Crippen LogP contribution in [0.1, 0.15) is 30.4 Å². The molecule has 0 atom stereocenters. The Morgan fingerprint density at radius 1 is 1.18 bits per heavy atom. The average molecular weight is 464 g/mol. The van der Waals surface area contributed by atoms with Gasteiger partial charge in [-0.1, -0.05) is 23.5 Å². The number of thiazole rings is 1. The molecule has 1 fully saturated rings. The molecule has 9 heteroatoms. The van der Waals surface area contributed by atoms with Gasteiger partial charge in [-0.3, -0.25) is 9.59 Å². The maximum atomic E-state index is 13.3. The van der Waals surface area contributed by atoms with Crippen LogP contribution in [0, 0.1) is 13.8 Å². The molecule has 8 nitrogen and oxygen atoms in total. The molecule has 1 aromatic carbocycles. The molecule has 4 heterocycles. The molecule has 1 saturated heterocycles. The molecule has 1 aliphatic heterocycles. The van der Waals surface area contributed by atoms with Crippen LogP contribution in [-0.2, 0) is 11.3 Å². The number of aryl methyl sites for hydroxylation is 2. The van der Waals surface area contributed by atoms with Gasteiger partial charge >= 0.3 is 0 Å². The van der Waals surface area contributed by atoms with Crippen LogP contribution in [-0.4, -0.2) is 33.8 Å². The number of anilines is 2. The number of piperidine rings is 1. The van der Waals surface area contributed by atoms with Gasteiger partial charge in [-0.2, -0.15) is 5.10 Å². The Hall–Kier alpha value is -3.46. The van der Waals surface area contributed by atoms with Crippen molar-refractivity contribution < 1.29 is 9.21 Å². The lowest BCUT2D eigenvalue weighted by molar-refractivity contribution is -0.117. The topological polar surface area (TPSA) is 93.3 Å². The van der Waals surface area contributed by atoms with Gasteiger partial charge in [0, 0.05) is 18.8 Å². The minimum atomic E-state index is -0.379. The Morgan fingerprint density at radius 2 is 2.00 bits per heavy atom. The quantitative estimate of drug-likeness (QED) is 0.473. The van der Waals surface area contributed by atoms with E-state index in [4.69, 9.17) is 4.42 Å². The fraction of sp³-hybridized carbons (Fsp3) is 0.333. The van der Waals surface area contributed by atoms with Crippen LogP contribution >= 0.6 is 11.3 Å². The van der Waals surface area contributed by atoms with Gasteiger partial charge in [0.1, 0.15) is 12.2 Å². The first-order chi connectivity index (χ1) is 16.0. The van der Waals surface area contributed by atoms with Crippen molar-refractivity contribution >= 4 is 38.3 Å². The molecule has 1 amide bonds. The zero-order valence-corrected chi connectivity index (χ0v) is 19.4. The second-order valence-electron chi connectivity index (χ2n) is 8.38. The van der Waals surface area contributed by atoms with Crippen molar-refractivity contribution in [1.29, 1.82) is 0 Å². The van der Waals surface area contributed by atoms with E-state index in [9.17, 15) is 9.59 Å². The molecule has 3 aromatic heterocycles. The molecule has 0 unspecified atom stereocenters. The molecule has 1 aliphatic rings. The van der Waals surface area contributed by atoms with E-state index in [1.807, 2.05) is 32.0 Å². The number of nitrogens with one attached hydrogen (secondary N) is 1. The second kappa shape index (κ2) is 8.82. The molecule has 170 valence electrons. The van der Waals surface area contributed by atoms with Crippen LogP contribution in [0.2, 0.25) is 0 Å². The van der Waals surface area contributed by atoms with Crippen LogP contribution < -0.4 is 15.8 Å². The molecule has 0 bridgehead atoms. The highest BCUT2D eigenvalue weighted by Crippen LogP contribution is 2.34. The summed E-state index contributed by atoms with van der Waals surface area (Å²) in [7, 11) is 0. The average Bonchev–Trinajstić information content (AvgIpc) is 3.50. The summed E-state index contributed by atoms with van der Waals surface area (Å²) in [6.45, 7) is 5.53. The van der Waals surface area contributed by atoms with Crippen molar-refractivity contribution in [2.75, 3.05) is 23.3 Å². The van der Waals surface area contributed by atoms with Crippen LogP contribution in [0.25, 0.3) is 21.7 Å². The van der Waals surface area contributed by atoms with E-state index in [2.05, 4.69) is 20.3 Å². The molecule has 0 spiro atoms. The first-order valence-electron chi connectivity index (χ1n) is 11.1. The number of hydrogen-bond acceptors (Lipinski definition) is 7. The minimum absolute atomic E-state index is 0.216. The van der Waals surface area contributed by atoms with Gasteiger partial charge in [-0.15, -0.1) is 0 Å². The molecule has 33 heavy (non-hydrogen) atoms. The van der Waals surface area contributed by atoms with Crippen LogP contribution in [0.3, 0.4) is 0 Å². The van der Waals surface area contributed by atoms with E-state index in [1.54, 1.807) is 18.4 Å². The van der Waals surface area contributed by atoms with Crippen molar-refractivity contribution in [2.24, 2.45) is 0 Å². The largest absolute Gasteiger partial charge is 0.463 e. The van der Waals surface area contributed by atoms with E-state index in [-0.39, 0.29) is 18.0 Å². The van der Waals surface area contributed by atoms with Crippen LogP contribution in [0.15, 0.2) is 45.8 Å². The lowest BCUT2D eigenvalue weighted by atomic mass is 10.1. The zero-order valence-electron chi connectivity index (χ0n) is 18.6. The smallest absolute Gasteiger partial charge is 0.294 e. The summed E-state index contributed by atoms with van der Waals surface area (Å²) in [5, 5.41) is 8.24. The van der Waals surface area contributed by atoms with Crippen molar-refractivity contribution in [2.45, 2.75) is 39.7 Å². The number of nitrogens with zero attached hydrogens (tertiary/aromatic N) is 4. The fourth-order valence-electron chi connectivity index (χ4n) is 4.05. The van der Waals surface area contributed by atoms with Crippen LogP contribution in [0.5, 0.6) is 0 Å². The number of aromatic nitrogens is 3. The summed E-state index contributed by atoms with van der Waals surface area (Å²) in [4.78, 5) is 33.0. The number of amides is 1. The molecule has 1 N–H and O–H groups in total.